The van der Waals surface area contributed by atoms with Gasteiger partial charge in [-0.25, -0.2) is 0 Å². The van der Waals surface area contributed by atoms with Crippen LogP contribution in [0.5, 0.6) is 0 Å². The maximum absolute atomic E-state index is 5.66. The third-order valence-corrected chi connectivity index (χ3v) is 4.70. The molecule has 1 fully saturated rings. The molecule has 2 heterocycles. The molecule has 5 nitrogen and oxygen atoms in total. The summed E-state index contributed by atoms with van der Waals surface area (Å²) >= 11 is 1.74. The standard InChI is InChI=1S/C17H29N3O2S/c1-14(15-6-10-23-13-15)11-20-17(18-2)19-7-4-8-21-12-16-5-3-9-22-16/h6,10,13-14,16H,3-5,7-9,11-12H2,1-2H3,(H2,18,19,20). The zero-order chi connectivity index (χ0) is 16.3. The molecule has 1 saturated heterocycles. The van der Waals surface area contributed by atoms with Crippen molar-refractivity contribution < 1.29 is 9.47 Å². The Morgan fingerprint density at radius 2 is 2.43 bits per heavy atom. The molecule has 130 valence electrons. The van der Waals surface area contributed by atoms with E-state index in [4.69, 9.17) is 9.47 Å². The highest BCUT2D eigenvalue weighted by atomic mass is 32.1. The number of thiophene rings is 1. The molecule has 23 heavy (non-hydrogen) atoms. The summed E-state index contributed by atoms with van der Waals surface area (Å²) in [5.41, 5.74) is 1.38. The number of rotatable bonds is 9. The van der Waals surface area contributed by atoms with Crippen molar-refractivity contribution in [2.75, 3.05) is 40.0 Å². The summed E-state index contributed by atoms with van der Waals surface area (Å²) in [5.74, 6) is 1.33. The minimum absolute atomic E-state index is 0.316. The Morgan fingerprint density at radius 3 is 3.13 bits per heavy atom. The number of aliphatic imine (C=N–C) groups is 1. The van der Waals surface area contributed by atoms with E-state index < -0.39 is 0 Å². The van der Waals surface area contributed by atoms with Gasteiger partial charge in [0.25, 0.3) is 0 Å². The Balaban J connectivity index is 1.51. The lowest BCUT2D eigenvalue weighted by molar-refractivity contribution is 0.0168. The van der Waals surface area contributed by atoms with Crippen LogP contribution < -0.4 is 10.6 Å². The van der Waals surface area contributed by atoms with E-state index in [0.29, 0.717) is 12.0 Å². The van der Waals surface area contributed by atoms with Gasteiger partial charge in [-0.15, -0.1) is 0 Å². The van der Waals surface area contributed by atoms with Crippen LogP contribution in [-0.2, 0) is 9.47 Å². The summed E-state index contributed by atoms with van der Waals surface area (Å²) in [6, 6.07) is 2.18. The Labute approximate surface area is 143 Å². The van der Waals surface area contributed by atoms with E-state index in [1.807, 2.05) is 0 Å². The van der Waals surface area contributed by atoms with Crippen molar-refractivity contribution in [3.05, 3.63) is 22.4 Å². The highest BCUT2D eigenvalue weighted by molar-refractivity contribution is 7.07. The highest BCUT2D eigenvalue weighted by Crippen LogP contribution is 2.16. The summed E-state index contributed by atoms with van der Waals surface area (Å²) in [5, 5.41) is 11.0. The van der Waals surface area contributed by atoms with Gasteiger partial charge in [0, 0.05) is 33.4 Å². The van der Waals surface area contributed by atoms with E-state index in [1.54, 1.807) is 18.4 Å². The smallest absolute Gasteiger partial charge is 0.190 e. The minimum atomic E-state index is 0.316. The van der Waals surface area contributed by atoms with Crippen molar-refractivity contribution in [2.45, 2.75) is 38.2 Å². The fourth-order valence-corrected chi connectivity index (χ4v) is 3.30. The zero-order valence-corrected chi connectivity index (χ0v) is 15.0. The molecule has 0 radical (unpaired) electrons. The quantitative estimate of drug-likeness (QED) is 0.412. The fraction of sp³-hybridized carbons (Fsp3) is 0.706. The molecule has 2 rings (SSSR count). The Hall–Kier alpha value is -1.11. The first-order valence-corrected chi connectivity index (χ1v) is 9.40. The van der Waals surface area contributed by atoms with Crippen molar-refractivity contribution in [3.8, 4) is 0 Å². The Kier molecular flexibility index (Phi) is 8.42. The van der Waals surface area contributed by atoms with Crippen LogP contribution in [0.3, 0.4) is 0 Å². The van der Waals surface area contributed by atoms with Crippen molar-refractivity contribution >= 4 is 17.3 Å². The van der Waals surface area contributed by atoms with Crippen LogP contribution in [0.4, 0.5) is 0 Å². The number of ether oxygens (including phenoxy) is 2. The summed E-state index contributed by atoms with van der Waals surface area (Å²) < 4.78 is 11.2. The first-order valence-electron chi connectivity index (χ1n) is 8.45. The van der Waals surface area contributed by atoms with Gasteiger partial charge in [0.15, 0.2) is 5.96 Å². The van der Waals surface area contributed by atoms with Gasteiger partial charge in [-0.1, -0.05) is 6.92 Å². The normalized spacial score (nSPS) is 19.7. The molecule has 2 N–H and O–H groups in total. The van der Waals surface area contributed by atoms with Crippen molar-refractivity contribution in [2.24, 2.45) is 4.99 Å². The van der Waals surface area contributed by atoms with E-state index >= 15 is 0 Å². The van der Waals surface area contributed by atoms with Crippen molar-refractivity contribution in [3.63, 3.8) is 0 Å². The van der Waals surface area contributed by atoms with E-state index in [-0.39, 0.29) is 0 Å². The molecule has 2 unspecified atom stereocenters. The zero-order valence-electron chi connectivity index (χ0n) is 14.2. The van der Waals surface area contributed by atoms with Crippen LogP contribution in [0.1, 0.15) is 37.7 Å². The molecular formula is C17H29N3O2S. The monoisotopic (exact) mass is 339 g/mol. The fourth-order valence-electron chi connectivity index (χ4n) is 2.52. The highest BCUT2D eigenvalue weighted by Gasteiger charge is 2.14. The topological polar surface area (TPSA) is 54.9 Å². The van der Waals surface area contributed by atoms with Gasteiger partial charge in [0.2, 0.25) is 0 Å². The summed E-state index contributed by atoms with van der Waals surface area (Å²) in [7, 11) is 1.80. The van der Waals surface area contributed by atoms with Crippen LogP contribution in [0, 0.1) is 0 Å². The predicted molar refractivity (Wildman–Crippen MR) is 96.5 cm³/mol. The molecule has 1 aliphatic rings. The summed E-state index contributed by atoms with van der Waals surface area (Å²) in [6.07, 6.45) is 3.59. The van der Waals surface area contributed by atoms with Crippen LogP contribution in [0.15, 0.2) is 21.8 Å². The molecule has 1 aliphatic heterocycles. The third kappa shape index (κ3) is 6.89. The molecule has 1 aromatic heterocycles. The van der Waals surface area contributed by atoms with Gasteiger partial charge < -0.3 is 20.1 Å². The second-order valence-corrected chi connectivity index (χ2v) is 6.68. The number of guanidine groups is 1. The number of hydrogen-bond acceptors (Lipinski definition) is 4. The first-order chi connectivity index (χ1) is 11.3. The lowest BCUT2D eigenvalue weighted by Crippen LogP contribution is -2.39. The Morgan fingerprint density at radius 1 is 1.52 bits per heavy atom. The van der Waals surface area contributed by atoms with E-state index in [9.17, 15) is 0 Å². The third-order valence-electron chi connectivity index (χ3n) is 4.00. The predicted octanol–water partition coefficient (Wildman–Crippen LogP) is 2.60. The summed E-state index contributed by atoms with van der Waals surface area (Å²) in [6.45, 7) is 6.34. The minimum Gasteiger partial charge on any atom is -0.379 e. The maximum atomic E-state index is 5.66. The molecule has 0 amide bonds. The van der Waals surface area contributed by atoms with Gasteiger partial charge in [0.05, 0.1) is 12.7 Å². The van der Waals surface area contributed by atoms with Gasteiger partial charge in [-0.05, 0) is 47.6 Å². The van der Waals surface area contributed by atoms with E-state index in [0.717, 1.165) is 51.7 Å². The number of hydrogen-bond donors (Lipinski definition) is 2. The molecule has 1 aromatic rings. The largest absolute Gasteiger partial charge is 0.379 e. The lowest BCUT2D eigenvalue weighted by Gasteiger charge is -2.15. The van der Waals surface area contributed by atoms with Gasteiger partial charge >= 0.3 is 0 Å². The van der Waals surface area contributed by atoms with Gasteiger partial charge in [-0.3, -0.25) is 4.99 Å². The average Bonchev–Trinajstić information content (AvgIpc) is 3.26. The molecular weight excluding hydrogens is 310 g/mol. The second kappa shape index (κ2) is 10.6. The lowest BCUT2D eigenvalue weighted by atomic mass is 10.1. The number of nitrogens with zero attached hydrogens (tertiary/aromatic N) is 1. The SMILES string of the molecule is CN=C(NCCCOCC1CCCO1)NCC(C)c1ccsc1. The van der Waals surface area contributed by atoms with Gasteiger partial charge in [0.1, 0.15) is 0 Å². The molecule has 0 saturated carbocycles. The van der Waals surface area contributed by atoms with Crippen LogP contribution in [0.2, 0.25) is 0 Å². The van der Waals surface area contributed by atoms with Crippen molar-refractivity contribution in [1.29, 1.82) is 0 Å². The van der Waals surface area contributed by atoms with Crippen LogP contribution >= 0.6 is 11.3 Å². The molecule has 0 aromatic carbocycles. The molecule has 6 heteroatoms. The van der Waals surface area contributed by atoms with Gasteiger partial charge in [-0.2, -0.15) is 11.3 Å². The first kappa shape index (κ1) is 18.2. The molecule has 2 atom stereocenters. The average molecular weight is 340 g/mol. The molecule has 0 spiro atoms. The van der Waals surface area contributed by atoms with E-state index in [2.05, 4.69) is 39.4 Å². The second-order valence-electron chi connectivity index (χ2n) is 5.90. The van der Waals surface area contributed by atoms with Crippen molar-refractivity contribution in [1.82, 2.24) is 10.6 Å². The van der Waals surface area contributed by atoms with Crippen LogP contribution in [0.25, 0.3) is 0 Å². The summed E-state index contributed by atoms with van der Waals surface area (Å²) in [4.78, 5) is 4.26. The van der Waals surface area contributed by atoms with E-state index in [1.165, 1.54) is 12.0 Å². The molecule has 0 aliphatic carbocycles. The van der Waals surface area contributed by atoms with Crippen LogP contribution in [-0.4, -0.2) is 52.0 Å². The maximum Gasteiger partial charge on any atom is 0.190 e. The Bertz CT molecular complexity index is 445. The number of nitrogens with one attached hydrogen (secondary N) is 2. The molecule has 0 bridgehead atoms.